The monoisotopic (exact) mass is 228 g/mol. The van der Waals surface area contributed by atoms with Crippen molar-refractivity contribution < 1.29 is 14.7 Å². The zero-order valence-electron chi connectivity index (χ0n) is 8.03. The minimum absolute atomic E-state index is 0.0751. The lowest BCUT2D eigenvalue weighted by molar-refractivity contribution is -0.136. The first kappa shape index (κ1) is 11.6. The fraction of sp³-hybridized carbons (Fsp3) is 0.333. The number of thioether (sulfide) groups is 1. The van der Waals surface area contributed by atoms with Crippen molar-refractivity contribution >= 4 is 24.0 Å². The number of carboxylic acid groups (broad SMARTS) is 1. The van der Waals surface area contributed by atoms with Gasteiger partial charge in [-0.2, -0.15) is 0 Å². The molecular weight excluding hydrogens is 216 g/mol. The number of hydrogen-bond acceptors (Lipinski definition) is 5. The maximum atomic E-state index is 10.6. The van der Waals surface area contributed by atoms with E-state index in [1.807, 2.05) is 0 Å². The van der Waals surface area contributed by atoms with Crippen LogP contribution in [-0.4, -0.2) is 29.7 Å². The van der Waals surface area contributed by atoms with Crippen LogP contribution in [0.4, 0.5) is 0 Å². The van der Waals surface area contributed by atoms with Gasteiger partial charge in [-0.1, -0.05) is 0 Å². The average molecular weight is 228 g/mol. The molecule has 1 heterocycles. The highest BCUT2D eigenvalue weighted by molar-refractivity contribution is 8.03. The maximum absolute atomic E-state index is 10.6. The average Bonchev–Trinajstić information content (AvgIpc) is 2.20. The number of rotatable bonds is 5. The lowest BCUT2D eigenvalue weighted by Gasteiger charge is -2.16. The molecule has 0 radical (unpaired) electrons. The first-order chi connectivity index (χ1) is 7.15. The summed E-state index contributed by atoms with van der Waals surface area (Å²) < 4.78 is 0. The Morgan fingerprint density at radius 3 is 3.07 bits per heavy atom. The van der Waals surface area contributed by atoms with Gasteiger partial charge < -0.3 is 16.2 Å². The highest BCUT2D eigenvalue weighted by atomic mass is 32.2. The summed E-state index contributed by atoms with van der Waals surface area (Å²) in [6.07, 6.45) is 2.49. The number of aldehydes is 1. The quantitative estimate of drug-likeness (QED) is 0.576. The van der Waals surface area contributed by atoms with Crippen LogP contribution in [0.15, 0.2) is 22.4 Å². The lowest BCUT2D eigenvalue weighted by Crippen LogP contribution is -2.22. The van der Waals surface area contributed by atoms with Crippen LogP contribution in [0.1, 0.15) is 6.42 Å². The molecule has 0 atom stereocenters. The molecule has 0 aliphatic carbocycles. The molecule has 1 aliphatic heterocycles. The Hall–Kier alpha value is -1.43. The van der Waals surface area contributed by atoms with Gasteiger partial charge in [-0.15, -0.1) is 11.8 Å². The second kappa shape index (κ2) is 5.45. The Morgan fingerprint density at radius 2 is 2.47 bits per heavy atom. The van der Waals surface area contributed by atoms with Crippen LogP contribution in [0.5, 0.6) is 0 Å². The van der Waals surface area contributed by atoms with Gasteiger partial charge >= 0.3 is 5.97 Å². The summed E-state index contributed by atoms with van der Waals surface area (Å²) in [4.78, 5) is 21.6. The largest absolute Gasteiger partial charge is 0.481 e. The van der Waals surface area contributed by atoms with Gasteiger partial charge in [0.2, 0.25) is 0 Å². The molecule has 0 bridgehead atoms. The van der Waals surface area contributed by atoms with E-state index >= 15 is 0 Å². The van der Waals surface area contributed by atoms with Gasteiger partial charge in [0.1, 0.15) is 6.29 Å². The SMILES string of the molecule is NC1=C(C=O)CNC=C1SCCC(=O)O. The van der Waals surface area contributed by atoms with Crippen LogP contribution >= 0.6 is 11.8 Å². The van der Waals surface area contributed by atoms with Crippen molar-refractivity contribution in [1.82, 2.24) is 5.32 Å². The third-order valence-electron chi connectivity index (χ3n) is 1.85. The third-order valence-corrected chi connectivity index (χ3v) is 2.91. The van der Waals surface area contributed by atoms with Gasteiger partial charge in [0.05, 0.1) is 12.1 Å². The van der Waals surface area contributed by atoms with Gasteiger partial charge in [0.15, 0.2) is 0 Å². The normalized spacial score (nSPS) is 15.6. The van der Waals surface area contributed by atoms with E-state index in [1.54, 1.807) is 6.20 Å². The second-order valence-electron chi connectivity index (χ2n) is 2.94. The van der Waals surface area contributed by atoms with Gasteiger partial charge in [0.25, 0.3) is 0 Å². The lowest BCUT2D eigenvalue weighted by atomic mass is 10.2. The minimum atomic E-state index is -0.843. The van der Waals surface area contributed by atoms with Crippen LogP contribution in [0, 0.1) is 0 Å². The summed E-state index contributed by atoms with van der Waals surface area (Å²) in [6.45, 7) is 0.429. The van der Waals surface area contributed by atoms with E-state index in [0.717, 1.165) is 4.91 Å². The van der Waals surface area contributed by atoms with Crippen molar-refractivity contribution in [2.75, 3.05) is 12.3 Å². The predicted octanol–water partition coefficient (Wildman–Crippen LogP) is 0.0506. The molecule has 0 spiro atoms. The fourth-order valence-corrected chi connectivity index (χ4v) is 2.01. The van der Waals surface area contributed by atoms with E-state index in [9.17, 15) is 9.59 Å². The summed E-state index contributed by atoms with van der Waals surface area (Å²) in [6, 6.07) is 0. The molecule has 1 rings (SSSR count). The van der Waals surface area contributed by atoms with E-state index in [-0.39, 0.29) is 6.42 Å². The summed E-state index contributed by atoms with van der Waals surface area (Å²) in [5.74, 6) is -0.402. The van der Waals surface area contributed by atoms with Crippen molar-refractivity contribution in [3.05, 3.63) is 22.4 Å². The fourth-order valence-electron chi connectivity index (χ4n) is 1.06. The van der Waals surface area contributed by atoms with Crippen LogP contribution < -0.4 is 11.1 Å². The van der Waals surface area contributed by atoms with Gasteiger partial charge in [-0.05, 0) is 0 Å². The number of hydrogen-bond donors (Lipinski definition) is 3. The summed E-state index contributed by atoms with van der Waals surface area (Å²) in [5.41, 5.74) is 6.68. The summed E-state index contributed by atoms with van der Waals surface area (Å²) in [5, 5.41) is 11.4. The maximum Gasteiger partial charge on any atom is 0.304 e. The second-order valence-corrected chi connectivity index (χ2v) is 4.08. The topological polar surface area (TPSA) is 92.4 Å². The number of carbonyl (C=O) groups is 2. The smallest absolute Gasteiger partial charge is 0.304 e. The first-order valence-electron chi connectivity index (χ1n) is 4.37. The van der Waals surface area contributed by atoms with Crippen molar-refractivity contribution in [1.29, 1.82) is 0 Å². The molecule has 0 aromatic rings. The van der Waals surface area contributed by atoms with Crippen LogP contribution in [-0.2, 0) is 9.59 Å². The standard InChI is InChI=1S/C9H12N2O3S/c10-9-6(5-12)3-11-4-7(9)15-2-1-8(13)14/h4-5,11H,1-3,10H2,(H,13,14). The number of carboxylic acids is 1. The van der Waals surface area contributed by atoms with Crippen molar-refractivity contribution in [3.8, 4) is 0 Å². The Bertz CT molecular complexity index is 336. The molecule has 0 fully saturated rings. The first-order valence-corrected chi connectivity index (χ1v) is 5.36. The molecule has 5 nitrogen and oxygen atoms in total. The zero-order valence-corrected chi connectivity index (χ0v) is 8.84. The van der Waals surface area contributed by atoms with Gasteiger partial charge in [-0.3, -0.25) is 9.59 Å². The molecule has 4 N–H and O–H groups in total. The highest BCUT2D eigenvalue weighted by Gasteiger charge is 2.13. The van der Waals surface area contributed by atoms with Crippen LogP contribution in [0.3, 0.4) is 0 Å². The highest BCUT2D eigenvalue weighted by Crippen LogP contribution is 2.24. The van der Waals surface area contributed by atoms with Crippen LogP contribution in [0.25, 0.3) is 0 Å². The number of carbonyl (C=O) groups excluding carboxylic acids is 1. The molecule has 1 aliphatic rings. The predicted molar refractivity (Wildman–Crippen MR) is 58.1 cm³/mol. The molecule has 0 aromatic carbocycles. The summed E-state index contributed by atoms with van der Waals surface area (Å²) in [7, 11) is 0. The van der Waals surface area contributed by atoms with Crippen molar-refractivity contribution in [2.24, 2.45) is 5.73 Å². The molecule has 0 unspecified atom stereocenters. The Kier molecular flexibility index (Phi) is 4.23. The molecule has 82 valence electrons. The van der Waals surface area contributed by atoms with E-state index in [2.05, 4.69) is 5.32 Å². The van der Waals surface area contributed by atoms with Crippen molar-refractivity contribution in [2.45, 2.75) is 6.42 Å². The molecule has 6 heteroatoms. The number of nitrogens with two attached hydrogens (primary N) is 1. The molecule has 15 heavy (non-hydrogen) atoms. The van der Waals surface area contributed by atoms with Gasteiger partial charge in [-0.25, -0.2) is 0 Å². The molecular formula is C9H12N2O3S. The molecule has 0 aromatic heterocycles. The third kappa shape index (κ3) is 3.32. The number of aliphatic carboxylic acids is 1. The van der Waals surface area contributed by atoms with E-state index in [0.29, 0.717) is 29.9 Å². The van der Waals surface area contributed by atoms with Gasteiger partial charge in [0, 0.05) is 29.0 Å². The molecule has 0 saturated carbocycles. The minimum Gasteiger partial charge on any atom is -0.481 e. The number of nitrogens with one attached hydrogen (secondary N) is 1. The van der Waals surface area contributed by atoms with E-state index in [4.69, 9.17) is 10.8 Å². The molecule has 0 saturated heterocycles. The summed E-state index contributed by atoms with van der Waals surface area (Å²) >= 11 is 1.33. The zero-order chi connectivity index (χ0) is 11.3. The van der Waals surface area contributed by atoms with E-state index in [1.165, 1.54) is 11.8 Å². The molecule has 0 amide bonds. The van der Waals surface area contributed by atoms with Crippen molar-refractivity contribution in [3.63, 3.8) is 0 Å². The van der Waals surface area contributed by atoms with Crippen LogP contribution in [0.2, 0.25) is 0 Å². The number of dihydropyridines is 1. The Morgan fingerprint density at radius 1 is 1.73 bits per heavy atom. The van der Waals surface area contributed by atoms with E-state index < -0.39 is 5.97 Å². The Balaban J connectivity index is 2.55. The Labute approximate surface area is 91.4 Å².